The van der Waals surface area contributed by atoms with Crippen LogP contribution in [-0.4, -0.2) is 63.6 Å². The third-order valence-corrected chi connectivity index (χ3v) is 22.3. The minimum Gasteiger partial charge on any atom is -0.460 e. The van der Waals surface area contributed by atoms with Gasteiger partial charge in [-0.2, -0.15) is 0 Å². The molecule has 0 heterocycles. The molecule has 58 heavy (non-hydrogen) atoms. The Balaban J connectivity index is 0.00000117. The zero-order valence-corrected chi connectivity index (χ0v) is 40.8. The molecule has 0 aliphatic heterocycles. The van der Waals surface area contributed by atoms with Crippen LogP contribution in [0.1, 0.15) is 132 Å². The average Bonchev–Trinajstić information content (AvgIpc) is 3.13. The maximum Gasteiger partial charge on any atom is 0.339 e. The van der Waals surface area contributed by atoms with Gasteiger partial charge in [-0.25, -0.2) is 4.79 Å². The van der Waals surface area contributed by atoms with E-state index in [-0.39, 0.29) is 41.4 Å². The first-order valence-electron chi connectivity index (χ1n) is 22.1. The van der Waals surface area contributed by atoms with E-state index in [1.54, 1.807) is 0 Å². The van der Waals surface area contributed by atoms with E-state index in [1.165, 1.54) is 0 Å². The first-order chi connectivity index (χ1) is 26.9. The maximum absolute atomic E-state index is 14.5. The number of carbonyl (C=O) groups excluding carboxylic acids is 2. The molecule has 8 nitrogen and oxygen atoms in total. The lowest BCUT2D eigenvalue weighted by Crippen LogP contribution is -2.59. The van der Waals surface area contributed by atoms with Crippen molar-refractivity contribution in [2.24, 2.45) is 17.8 Å². The van der Waals surface area contributed by atoms with Crippen molar-refractivity contribution in [1.82, 2.24) is 5.32 Å². The number of aliphatic hydroxyl groups is 1. The number of benzene rings is 2. The van der Waals surface area contributed by atoms with Crippen LogP contribution in [0.5, 0.6) is 0 Å². The van der Waals surface area contributed by atoms with Crippen molar-refractivity contribution in [3.8, 4) is 0 Å². The minimum atomic E-state index is -2.05. The molecule has 0 saturated heterocycles. The Morgan fingerprint density at radius 2 is 1.02 bits per heavy atom. The number of hydrogen-bond acceptors (Lipinski definition) is 8. The topological polar surface area (TPSA) is 103 Å². The number of nitrogens with one attached hydrogen (secondary N) is 1. The predicted molar refractivity (Wildman–Crippen MR) is 242 cm³/mol. The molecule has 2 atom stereocenters. The Kier molecular flexibility index (Phi) is 18.5. The molecule has 0 radical (unpaired) electrons. The van der Waals surface area contributed by atoms with Crippen LogP contribution in [0.2, 0.25) is 36.3 Å². The summed E-state index contributed by atoms with van der Waals surface area (Å²) in [5, 5.41) is 16.5. The van der Waals surface area contributed by atoms with Crippen LogP contribution in [0.25, 0.3) is 0 Å². The van der Waals surface area contributed by atoms with Crippen molar-refractivity contribution in [3.63, 3.8) is 0 Å². The lowest BCUT2D eigenvalue weighted by atomic mass is 9.63. The van der Waals surface area contributed by atoms with Gasteiger partial charge < -0.3 is 28.7 Å². The monoisotopic (exact) mass is 840 g/mol. The molecule has 2 fully saturated rings. The number of hydrogen-bond donors (Lipinski definition) is 2. The van der Waals surface area contributed by atoms with Gasteiger partial charge >= 0.3 is 11.9 Å². The maximum atomic E-state index is 14.5. The molecule has 2 N–H and O–H groups in total. The normalized spacial score (nSPS) is 22.4. The summed E-state index contributed by atoms with van der Waals surface area (Å²) in [6, 6.07) is 20.3. The summed E-state index contributed by atoms with van der Waals surface area (Å²) in [7, 11) is -4.01. The van der Waals surface area contributed by atoms with Crippen LogP contribution in [0, 0.1) is 17.8 Å². The zero-order chi connectivity index (χ0) is 43.5. The smallest absolute Gasteiger partial charge is 0.339 e. The summed E-state index contributed by atoms with van der Waals surface area (Å²) >= 11 is 0. The largest absolute Gasteiger partial charge is 0.460 e. The molecule has 2 aromatic rings. The highest BCUT2D eigenvalue weighted by molar-refractivity contribution is 6.74. The summed E-state index contributed by atoms with van der Waals surface area (Å²) in [6.07, 6.45) is 5.52. The lowest BCUT2D eigenvalue weighted by Gasteiger charge is -2.47. The summed E-state index contributed by atoms with van der Waals surface area (Å²) in [5.41, 5.74) is -0.372. The number of ether oxygens (including phenoxy) is 2. The van der Waals surface area contributed by atoms with Gasteiger partial charge in [0.15, 0.2) is 22.2 Å². The fourth-order valence-corrected chi connectivity index (χ4v) is 10.8. The van der Waals surface area contributed by atoms with Gasteiger partial charge in [-0.05, 0) is 111 Å². The Labute approximate surface area is 355 Å². The summed E-state index contributed by atoms with van der Waals surface area (Å²) in [6.45, 7) is 31.2. The highest BCUT2D eigenvalue weighted by Gasteiger charge is 2.59. The Bertz CT molecular complexity index is 1510. The molecule has 0 aromatic heterocycles. The van der Waals surface area contributed by atoms with Gasteiger partial charge in [-0.1, -0.05) is 130 Å². The van der Waals surface area contributed by atoms with E-state index in [1.807, 2.05) is 60.7 Å². The molecule has 2 aromatic carbocycles. The molecular weight excluding hydrogens is 759 g/mol. The Hall–Kier alpha value is -2.35. The summed E-state index contributed by atoms with van der Waals surface area (Å²) in [4.78, 5) is 28.9. The van der Waals surface area contributed by atoms with E-state index in [0.29, 0.717) is 50.6 Å². The van der Waals surface area contributed by atoms with Gasteiger partial charge in [0.25, 0.3) is 0 Å². The second-order valence-corrected chi connectivity index (χ2v) is 30.2. The summed E-state index contributed by atoms with van der Waals surface area (Å²) in [5.74, 6) is -3.08. The van der Waals surface area contributed by atoms with Gasteiger partial charge in [0.2, 0.25) is 0 Å². The van der Waals surface area contributed by atoms with Gasteiger partial charge in [-0.3, -0.25) is 4.79 Å². The molecule has 328 valence electrons. The zero-order valence-electron chi connectivity index (χ0n) is 38.8. The van der Waals surface area contributed by atoms with E-state index >= 15 is 0 Å². The van der Waals surface area contributed by atoms with Crippen LogP contribution in [0.3, 0.4) is 0 Å². The highest BCUT2D eigenvalue weighted by Crippen LogP contribution is 2.48. The second-order valence-electron chi connectivity index (χ2n) is 20.7. The van der Waals surface area contributed by atoms with Crippen molar-refractivity contribution in [2.75, 3.05) is 0 Å². The van der Waals surface area contributed by atoms with Gasteiger partial charge in [0, 0.05) is 24.3 Å². The van der Waals surface area contributed by atoms with E-state index < -0.39 is 46.0 Å². The van der Waals surface area contributed by atoms with Crippen LogP contribution in [-0.2, 0) is 41.1 Å². The molecule has 2 saturated carbocycles. The lowest BCUT2D eigenvalue weighted by molar-refractivity contribution is -0.200. The Morgan fingerprint density at radius 3 is 1.38 bits per heavy atom. The van der Waals surface area contributed by atoms with E-state index in [0.717, 1.165) is 24.0 Å². The number of rotatable bonds is 15. The van der Waals surface area contributed by atoms with Gasteiger partial charge in [0.1, 0.15) is 13.2 Å². The van der Waals surface area contributed by atoms with Crippen LogP contribution in [0.15, 0.2) is 60.7 Å². The first-order valence-corrected chi connectivity index (χ1v) is 27.9. The molecule has 0 amide bonds. The first kappa shape index (κ1) is 50.0. The molecular formula is C48H81NO7Si2. The third-order valence-electron chi connectivity index (χ3n) is 13.2. The Morgan fingerprint density at radius 1 is 0.638 bits per heavy atom. The molecule has 0 spiro atoms. The molecule has 0 bridgehead atoms. The molecule has 4 rings (SSSR count). The number of esters is 2. The van der Waals surface area contributed by atoms with Crippen molar-refractivity contribution >= 4 is 28.6 Å². The van der Waals surface area contributed by atoms with Gasteiger partial charge in [-0.15, -0.1) is 0 Å². The van der Waals surface area contributed by atoms with E-state index in [9.17, 15) is 14.7 Å². The average molecular weight is 840 g/mol. The van der Waals surface area contributed by atoms with Crippen molar-refractivity contribution in [1.29, 1.82) is 0 Å². The fourth-order valence-electron chi connectivity index (χ4n) is 7.95. The standard InChI is InChI=1S/C42H66O7Si2.C6H15N/c1-40(2,3)50(7,8)48-35-25-21-33(22-26-35)37(38(43)46-29-31-17-13-11-14-18-31)42(45,39(44)47-30-32-19-15-12-16-20-32)34-23-27-36(28-24-34)49-51(9,10)41(4,5)6;1-5(2)7-6(3)4/h11-20,33-37,45H,21-30H2,1-10H3;5-7H,1-4H3. The fraction of sp³-hybridized carbons (Fsp3) is 0.708. The van der Waals surface area contributed by atoms with Crippen molar-refractivity contribution in [3.05, 3.63) is 71.8 Å². The van der Waals surface area contributed by atoms with Gasteiger partial charge in [0.05, 0.1) is 5.92 Å². The molecule has 2 unspecified atom stereocenters. The second kappa shape index (κ2) is 21.4. The SMILES string of the molecule is CC(C)(C)[Si](C)(C)OC1CCC(C(C(=O)OCc2ccccc2)C(O)(C(=O)OCc2ccccc2)C2CCC(O[Si](C)(C)C(C)(C)C)CC2)CC1.CC(C)NC(C)C. The van der Waals surface area contributed by atoms with Crippen LogP contribution < -0.4 is 5.32 Å². The van der Waals surface area contributed by atoms with Crippen LogP contribution >= 0.6 is 0 Å². The molecule has 10 heteroatoms. The number of carbonyl (C=O) groups is 2. The summed E-state index contributed by atoms with van der Waals surface area (Å²) < 4.78 is 25.6. The van der Waals surface area contributed by atoms with Crippen LogP contribution in [0.4, 0.5) is 0 Å². The quantitative estimate of drug-likeness (QED) is 0.135. The van der Waals surface area contributed by atoms with E-state index in [4.69, 9.17) is 18.3 Å². The molecule has 2 aliphatic carbocycles. The van der Waals surface area contributed by atoms with E-state index in [2.05, 4.69) is 101 Å². The van der Waals surface area contributed by atoms with Crippen molar-refractivity contribution in [2.45, 2.75) is 200 Å². The highest BCUT2D eigenvalue weighted by atomic mass is 28.4. The minimum absolute atomic E-state index is 0.0185. The van der Waals surface area contributed by atoms with Crippen molar-refractivity contribution < 1.29 is 33.0 Å². The predicted octanol–water partition coefficient (Wildman–Crippen LogP) is 11.4. The molecule has 2 aliphatic rings. The third kappa shape index (κ3) is 14.4.